The number of urea groups is 1. The monoisotopic (exact) mass is 256 g/mol. The molecule has 5 heteroatoms. The molecule has 0 unspecified atom stereocenters. The van der Waals surface area contributed by atoms with Gasteiger partial charge in [-0.1, -0.05) is 13.0 Å². The molecule has 0 radical (unpaired) electrons. The van der Waals surface area contributed by atoms with Crippen molar-refractivity contribution in [1.82, 2.24) is 10.6 Å². The van der Waals surface area contributed by atoms with Gasteiger partial charge in [0.1, 0.15) is 0 Å². The lowest BCUT2D eigenvalue weighted by Crippen LogP contribution is -2.43. The molecule has 1 aromatic heterocycles. The lowest BCUT2D eigenvalue weighted by atomic mass is 10.1. The number of carbonyl (C=O) groups is 1. The lowest BCUT2D eigenvalue weighted by Gasteiger charge is -2.15. The smallest absolute Gasteiger partial charge is 0.315 e. The van der Waals surface area contributed by atoms with Crippen LogP contribution in [0.15, 0.2) is 17.5 Å². The quantitative estimate of drug-likeness (QED) is 0.724. The maximum atomic E-state index is 11.4. The summed E-state index contributed by atoms with van der Waals surface area (Å²) in [6.45, 7) is 4.46. The minimum absolute atomic E-state index is 0.0435. The molecule has 96 valence electrons. The van der Waals surface area contributed by atoms with Crippen molar-refractivity contribution < 1.29 is 9.90 Å². The van der Waals surface area contributed by atoms with Crippen LogP contribution in [0.4, 0.5) is 4.79 Å². The van der Waals surface area contributed by atoms with Crippen molar-refractivity contribution in [3.63, 3.8) is 0 Å². The van der Waals surface area contributed by atoms with Crippen LogP contribution in [0.25, 0.3) is 0 Å². The third-order valence-corrected chi connectivity index (χ3v) is 3.29. The van der Waals surface area contributed by atoms with Gasteiger partial charge >= 0.3 is 6.03 Å². The maximum Gasteiger partial charge on any atom is 0.315 e. The number of nitrogens with one attached hydrogen (secondary N) is 2. The van der Waals surface area contributed by atoms with E-state index in [0.717, 1.165) is 6.42 Å². The summed E-state index contributed by atoms with van der Waals surface area (Å²) in [6.07, 6.45) is 0.980. The largest absolute Gasteiger partial charge is 0.394 e. The Morgan fingerprint density at radius 1 is 1.53 bits per heavy atom. The van der Waals surface area contributed by atoms with E-state index >= 15 is 0 Å². The van der Waals surface area contributed by atoms with Gasteiger partial charge in [0.05, 0.1) is 12.6 Å². The van der Waals surface area contributed by atoms with E-state index in [1.807, 2.05) is 6.07 Å². The lowest BCUT2D eigenvalue weighted by molar-refractivity contribution is 0.219. The molecule has 1 aromatic rings. The molecule has 17 heavy (non-hydrogen) atoms. The predicted octanol–water partition coefficient (Wildman–Crippen LogP) is 1.61. The molecule has 2 atom stereocenters. The van der Waals surface area contributed by atoms with Gasteiger partial charge in [0.25, 0.3) is 0 Å². The van der Waals surface area contributed by atoms with Gasteiger partial charge in [-0.3, -0.25) is 0 Å². The molecule has 2 amide bonds. The molecule has 0 fully saturated rings. The van der Waals surface area contributed by atoms with Crippen molar-refractivity contribution in [2.45, 2.75) is 26.3 Å². The summed E-state index contributed by atoms with van der Waals surface area (Å²) >= 11 is 1.74. The Kier molecular flexibility index (Phi) is 6.00. The Morgan fingerprint density at radius 2 is 2.29 bits per heavy atom. The van der Waals surface area contributed by atoms with E-state index < -0.39 is 0 Å². The summed E-state index contributed by atoms with van der Waals surface area (Å²) in [7, 11) is 0. The summed E-state index contributed by atoms with van der Waals surface area (Å²) < 4.78 is 0. The minimum atomic E-state index is -0.218. The maximum absolute atomic E-state index is 11.4. The first-order valence-corrected chi connectivity index (χ1v) is 6.67. The highest BCUT2D eigenvalue weighted by molar-refractivity contribution is 7.09. The minimum Gasteiger partial charge on any atom is -0.394 e. The molecule has 1 heterocycles. The fraction of sp³-hybridized carbons (Fsp3) is 0.583. The molecule has 3 N–H and O–H groups in total. The second-order valence-corrected chi connectivity index (χ2v) is 5.36. The van der Waals surface area contributed by atoms with Crippen molar-refractivity contribution in [1.29, 1.82) is 0 Å². The van der Waals surface area contributed by atoms with Gasteiger partial charge in [0, 0.05) is 11.4 Å². The molecule has 1 rings (SSSR count). The predicted molar refractivity (Wildman–Crippen MR) is 70.3 cm³/mol. The van der Waals surface area contributed by atoms with E-state index in [1.165, 1.54) is 4.88 Å². The molecule has 4 nitrogen and oxygen atoms in total. The van der Waals surface area contributed by atoms with Crippen LogP contribution in [0, 0.1) is 5.92 Å². The third-order valence-electron chi connectivity index (χ3n) is 2.39. The van der Waals surface area contributed by atoms with Gasteiger partial charge in [-0.05, 0) is 30.7 Å². The molecule has 0 aliphatic heterocycles. The van der Waals surface area contributed by atoms with Crippen molar-refractivity contribution >= 4 is 17.4 Å². The highest BCUT2D eigenvalue weighted by Gasteiger charge is 2.08. The van der Waals surface area contributed by atoms with Gasteiger partial charge in [0.2, 0.25) is 0 Å². The highest BCUT2D eigenvalue weighted by Crippen LogP contribution is 2.13. The second kappa shape index (κ2) is 7.29. The third kappa shape index (κ3) is 5.70. The number of amides is 2. The Morgan fingerprint density at radius 3 is 2.88 bits per heavy atom. The zero-order valence-electron chi connectivity index (χ0n) is 10.3. The Hall–Kier alpha value is -1.07. The van der Waals surface area contributed by atoms with Crippen LogP contribution < -0.4 is 10.6 Å². The van der Waals surface area contributed by atoms with E-state index in [9.17, 15) is 4.79 Å². The summed E-state index contributed by atoms with van der Waals surface area (Å²) in [5.74, 6) is 0.406. The van der Waals surface area contributed by atoms with E-state index in [-0.39, 0.29) is 18.7 Å². The average Bonchev–Trinajstić information content (AvgIpc) is 2.79. The molecule has 0 aliphatic rings. The van der Waals surface area contributed by atoms with Gasteiger partial charge in [0.15, 0.2) is 0 Å². The molecule has 0 saturated carbocycles. The van der Waals surface area contributed by atoms with Crippen molar-refractivity contribution in [3.8, 4) is 0 Å². The van der Waals surface area contributed by atoms with E-state index in [0.29, 0.717) is 12.5 Å². The number of aliphatic hydroxyl groups excluding tert-OH is 1. The highest BCUT2D eigenvalue weighted by atomic mass is 32.1. The van der Waals surface area contributed by atoms with Crippen LogP contribution in [0.5, 0.6) is 0 Å². The van der Waals surface area contributed by atoms with Crippen LogP contribution in [-0.2, 0) is 6.42 Å². The number of rotatable bonds is 6. The van der Waals surface area contributed by atoms with Crippen LogP contribution in [-0.4, -0.2) is 30.3 Å². The second-order valence-electron chi connectivity index (χ2n) is 4.33. The number of thiophene rings is 1. The van der Waals surface area contributed by atoms with Crippen molar-refractivity contribution in [3.05, 3.63) is 22.4 Å². The summed E-state index contributed by atoms with van der Waals surface area (Å²) in [5, 5.41) is 16.3. The number of hydrogen-bond donors (Lipinski definition) is 3. The van der Waals surface area contributed by atoms with Gasteiger partial charge in [-0.25, -0.2) is 4.79 Å². The average molecular weight is 256 g/mol. The molecule has 0 spiro atoms. The zero-order valence-corrected chi connectivity index (χ0v) is 11.1. The van der Waals surface area contributed by atoms with Gasteiger partial charge in [-0.2, -0.15) is 0 Å². The van der Waals surface area contributed by atoms with Crippen LogP contribution in [0.3, 0.4) is 0 Å². The number of hydrogen-bond acceptors (Lipinski definition) is 3. The number of aliphatic hydroxyl groups is 1. The molecule has 0 aromatic carbocycles. The van der Waals surface area contributed by atoms with Gasteiger partial charge in [-0.15, -0.1) is 11.3 Å². The van der Waals surface area contributed by atoms with E-state index in [4.69, 9.17) is 5.11 Å². The zero-order chi connectivity index (χ0) is 12.7. The van der Waals surface area contributed by atoms with Gasteiger partial charge < -0.3 is 15.7 Å². The first-order chi connectivity index (χ1) is 8.11. The normalized spacial score (nSPS) is 14.1. The Bertz CT molecular complexity index is 327. The first kappa shape index (κ1) is 14.0. The standard InChI is InChI=1S/C12H20N2O2S/c1-9(6-11-4-3-5-17-11)7-13-12(16)14-10(2)8-15/h3-5,9-10,15H,6-8H2,1-2H3,(H2,13,14,16)/t9-,10-/m0/s1. The van der Waals surface area contributed by atoms with Crippen molar-refractivity contribution in [2.24, 2.45) is 5.92 Å². The molecule has 0 aliphatic carbocycles. The first-order valence-electron chi connectivity index (χ1n) is 5.79. The van der Waals surface area contributed by atoms with E-state index in [2.05, 4.69) is 29.0 Å². The van der Waals surface area contributed by atoms with E-state index in [1.54, 1.807) is 18.3 Å². The molecular weight excluding hydrogens is 236 g/mol. The van der Waals surface area contributed by atoms with Crippen LogP contribution >= 0.6 is 11.3 Å². The topological polar surface area (TPSA) is 61.4 Å². The number of carbonyl (C=O) groups excluding carboxylic acids is 1. The van der Waals surface area contributed by atoms with Crippen LogP contribution in [0.1, 0.15) is 18.7 Å². The SMILES string of the molecule is C[C@H](CNC(=O)N[C@@H](C)CO)Cc1cccs1. The fourth-order valence-corrected chi connectivity index (χ4v) is 2.30. The Balaban J connectivity index is 2.19. The molecule has 0 saturated heterocycles. The molecule has 0 bridgehead atoms. The summed E-state index contributed by atoms with van der Waals surface area (Å²) in [4.78, 5) is 12.7. The summed E-state index contributed by atoms with van der Waals surface area (Å²) in [5.41, 5.74) is 0. The summed E-state index contributed by atoms with van der Waals surface area (Å²) in [6, 6.07) is 3.72. The van der Waals surface area contributed by atoms with Crippen molar-refractivity contribution in [2.75, 3.05) is 13.2 Å². The molecular formula is C12H20N2O2S. The van der Waals surface area contributed by atoms with Crippen LogP contribution in [0.2, 0.25) is 0 Å². The fourth-order valence-electron chi connectivity index (χ4n) is 1.43. The Labute approximate surface area is 106 Å².